The van der Waals surface area contributed by atoms with Gasteiger partial charge in [-0.15, -0.1) is 0 Å². The third-order valence-corrected chi connectivity index (χ3v) is 8.92. The molecule has 0 N–H and O–H groups in total. The summed E-state index contributed by atoms with van der Waals surface area (Å²) in [5.41, 5.74) is 1.23. The molecule has 1 saturated carbocycles. The maximum absolute atomic E-state index is 12.9. The molecule has 0 saturated heterocycles. The van der Waals surface area contributed by atoms with Crippen molar-refractivity contribution < 1.29 is 17.9 Å². The molecule has 0 radical (unpaired) electrons. The van der Waals surface area contributed by atoms with Crippen LogP contribution in [-0.2, 0) is 17.1 Å². The van der Waals surface area contributed by atoms with E-state index < -0.39 is 15.9 Å². The zero-order valence-corrected chi connectivity index (χ0v) is 20.1. The highest BCUT2D eigenvalue weighted by Crippen LogP contribution is 2.28. The van der Waals surface area contributed by atoms with Crippen LogP contribution < -0.4 is 9.54 Å². The summed E-state index contributed by atoms with van der Waals surface area (Å²) in [7, 11) is -0.0968. The molecule has 32 heavy (non-hydrogen) atoms. The van der Waals surface area contributed by atoms with Crippen molar-refractivity contribution in [2.24, 2.45) is 12.0 Å². The third kappa shape index (κ3) is 4.24. The van der Waals surface area contributed by atoms with Gasteiger partial charge in [-0.25, -0.2) is 8.42 Å². The average Bonchev–Trinajstić information content (AvgIpc) is 3.43. The summed E-state index contributed by atoms with van der Waals surface area (Å²) >= 11 is 1.41. The molecule has 0 unspecified atom stereocenters. The molecule has 1 fully saturated rings. The smallest absolute Gasteiger partial charge is 0.279 e. The number of sulfonamides is 1. The molecule has 2 aromatic carbocycles. The third-order valence-electron chi connectivity index (χ3n) is 5.90. The summed E-state index contributed by atoms with van der Waals surface area (Å²) in [4.78, 5) is 17.8. The summed E-state index contributed by atoms with van der Waals surface area (Å²) in [6.07, 6.45) is 3.89. The van der Waals surface area contributed by atoms with Crippen molar-refractivity contribution >= 4 is 37.5 Å². The van der Waals surface area contributed by atoms with Crippen LogP contribution in [0.1, 0.15) is 43.0 Å². The van der Waals surface area contributed by atoms with Crippen LogP contribution in [0.25, 0.3) is 10.2 Å². The van der Waals surface area contributed by atoms with Crippen molar-refractivity contribution in [2.45, 2.75) is 43.5 Å². The summed E-state index contributed by atoms with van der Waals surface area (Å²) in [5.74, 6) is 0.330. The number of carbonyl (C=O) groups excluding carboxylic acids is 1. The van der Waals surface area contributed by atoms with E-state index in [1.54, 1.807) is 7.05 Å². The number of para-hydroxylation sites is 1. The van der Waals surface area contributed by atoms with E-state index in [9.17, 15) is 13.2 Å². The Hall–Kier alpha value is -2.49. The van der Waals surface area contributed by atoms with Crippen LogP contribution in [0.4, 0.5) is 0 Å². The SMILES string of the molecule is CCOc1cccc2sc(=NC(=O)c3ccc(S(=O)(=O)N(C)C4CCCC4)cc3)n(C)c12. The minimum atomic E-state index is -3.58. The fourth-order valence-corrected chi connectivity index (χ4v) is 6.55. The van der Waals surface area contributed by atoms with Gasteiger partial charge >= 0.3 is 0 Å². The normalized spacial score (nSPS) is 15.7. The Balaban J connectivity index is 1.61. The Bertz CT molecular complexity index is 1300. The number of rotatable bonds is 6. The van der Waals surface area contributed by atoms with Gasteiger partial charge in [0.05, 0.1) is 16.2 Å². The van der Waals surface area contributed by atoms with Gasteiger partial charge < -0.3 is 9.30 Å². The van der Waals surface area contributed by atoms with Crippen molar-refractivity contribution in [3.63, 3.8) is 0 Å². The standard InChI is InChI=1S/C23H27N3O4S2/c1-4-30-19-10-7-11-20-21(19)25(2)23(31-20)24-22(27)16-12-14-18(15-13-16)32(28,29)26(3)17-8-5-6-9-17/h7,10-15,17H,4-6,8-9H2,1-3H3. The van der Waals surface area contributed by atoms with Gasteiger partial charge in [-0.3, -0.25) is 4.79 Å². The summed E-state index contributed by atoms with van der Waals surface area (Å²) in [6.45, 7) is 2.47. The van der Waals surface area contributed by atoms with Crippen LogP contribution >= 0.6 is 11.3 Å². The Kier molecular flexibility index (Phi) is 6.50. The van der Waals surface area contributed by atoms with Crippen molar-refractivity contribution in [1.29, 1.82) is 0 Å². The zero-order chi connectivity index (χ0) is 22.9. The van der Waals surface area contributed by atoms with Gasteiger partial charge in [0.1, 0.15) is 11.3 Å². The number of fused-ring (bicyclic) bond motifs is 1. The minimum absolute atomic E-state index is 0.0471. The highest BCUT2D eigenvalue weighted by atomic mass is 32.2. The van der Waals surface area contributed by atoms with Crippen molar-refractivity contribution in [3.8, 4) is 5.75 Å². The molecule has 0 aliphatic heterocycles. The second-order valence-electron chi connectivity index (χ2n) is 7.88. The second-order valence-corrected chi connectivity index (χ2v) is 10.9. The number of aromatic nitrogens is 1. The molecule has 7 nitrogen and oxygen atoms in total. The zero-order valence-electron chi connectivity index (χ0n) is 18.4. The first kappa shape index (κ1) is 22.7. The lowest BCUT2D eigenvalue weighted by Gasteiger charge is -2.23. The van der Waals surface area contributed by atoms with Gasteiger partial charge in [0.15, 0.2) is 4.80 Å². The van der Waals surface area contributed by atoms with Crippen LogP contribution in [0.5, 0.6) is 5.75 Å². The largest absolute Gasteiger partial charge is 0.492 e. The lowest BCUT2D eigenvalue weighted by molar-refractivity contribution is 0.0998. The molecule has 1 aliphatic carbocycles. The van der Waals surface area contributed by atoms with Crippen molar-refractivity contribution in [1.82, 2.24) is 8.87 Å². The minimum Gasteiger partial charge on any atom is -0.492 e. The van der Waals surface area contributed by atoms with E-state index in [4.69, 9.17) is 4.74 Å². The number of aryl methyl sites for hydroxylation is 1. The van der Waals surface area contributed by atoms with Crippen LogP contribution in [0.2, 0.25) is 0 Å². The van der Waals surface area contributed by atoms with Gasteiger partial charge in [-0.2, -0.15) is 9.30 Å². The van der Waals surface area contributed by atoms with E-state index in [1.807, 2.05) is 36.7 Å². The molecule has 170 valence electrons. The van der Waals surface area contributed by atoms with Crippen molar-refractivity contribution in [3.05, 3.63) is 52.8 Å². The highest BCUT2D eigenvalue weighted by molar-refractivity contribution is 7.89. The van der Waals surface area contributed by atoms with E-state index in [2.05, 4.69) is 4.99 Å². The van der Waals surface area contributed by atoms with Gasteiger partial charge in [0.2, 0.25) is 10.0 Å². The molecule has 1 aliphatic rings. The fourth-order valence-electron chi connectivity index (χ4n) is 4.10. The van der Waals surface area contributed by atoms with Gasteiger partial charge in [0.25, 0.3) is 5.91 Å². The molecule has 0 bridgehead atoms. The lowest BCUT2D eigenvalue weighted by atomic mass is 10.2. The summed E-state index contributed by atoms with van der Waals surface area (Å²) < 4.78 is 35.8. The molecule has 1 heterocycles. The number of hydrogen-bond acceptors (Lipinski definition) is 5. The topological polar surface area (TPSA) is 81.0 Å². The maximum Gasteiger partial charge on any atom is 0.279 e. The average molecular weight is 474 g/mol. The van der Waals surface area contributed by atoms with Gasteiger partial charge in [-0.1, -0.05) is 30.2 Å². The van der Waals surface area contributed by atoms with Crippen molar-refractivity contribution in [2.75, 3.05) is 13.7 Å². The number of benzene rings is 2. The lowest BCUT2D eigenvalue weighted by Crippen LogP contribution is -2.35. The van der Waals surface area contributed by atoms with E-state index in [0.717, 1.165) is 41.6 Å². The number of thiazole rings is 1. The predicted molar refractivity (Wildman–Crippen MR) is 126 cm³/mol. The Labute approximate surface area is 192 Å². The Morgan fingerprint density at radius 3 is 2.53 bits per heavy atom. The molecular weight excluding hydrogens is 446 g/mol. The summed E-state index contributed by atoms with van der Waals surface area (Å²) in [6, 6.07) is 11.9. The first-order valence-electron chi connectivity index (χ1n) is 10.7. The quantitative estimate of drug-likeness (QED) is 0.543. The first-order chi connectivity index (χ1) is 15.3. The molecule has 0 spiro atoms. The van der Waals surface area contributed by atoms with Crippen LogP contribution in [0, 0.1) is 0 Å². The molecule has 3 aromatic rings. The molecule has 1 aromatic heterocycles. The second kappa shape index (κ2) is 9.17. The summed E-state index contributed by atoms with van der Waals surface area (Å²) in [5, 5.41) is 0. The van der Waals surface area contributed by atoms with Gasteiger partial charge in [-0.05, 0) is 56.2 Å². The number of carbonyl (C=O) groups is 1. The van der Waals surface area contributed by atoms with Crippen LogP contribution in [0.3, 0.4) is 0 Å². The Morgan fingerprint density at radius 2 is 1.88 bits per heavy atom. The molecular formula is C23H27N3O4S2. The number of nitrogens with zero attached hydrogens (tertiary/aromatic N) is 3. The molecule has 1 amide bonds. The fraction of sp³-hybridized carbons (Fsp3) is 0.391. The van der Waals surface area contributed by atoms with Crippen LogP contribution in [-0.4, -0.2) is 42.9 Å². The molecule has 4 rings (SSSR count). The number of ether oxygens (including phenoxy) is 1. The van der Waals surface area contributed by atoms with E-state index in [1.165, 1.54) is 39.9 Å². The number of hydrogen-bond donors (Lipinski definition) is 0. The Morgan fingerprint density at radius 1 is 1.19 bits per heavy atom. The van der Waals surface area contributed by atoms with Crippen LogP contribution in [0.15, 0.2) is 52.4 Å². The van der Waals surface area contributed by atoms with Gasteiger partial charge in [0, 0.05) is 25.7 Å². The van der Waals surface area contributed by atoms with E-state index in [-0.39, 0.29) is 10.9 Å². The molecule has 0 atom stereocenters. The first-order valence-corrected chi connectivity index (χ1v) is 13.0. The monoisotopic (exact) mass is 473 g/mol. The predicted octanol–water partition coefficient (Wildman–Crippen LogP) is 3.94. The maximum atomic E-state index is 12.9. The molecule has 9 heteroatoms. The van der Waals surface area contributed by atoms with E-state index in [0.29, 0.717) is 17.0 Å². The number of amides is 1. The highest BCUT2D eigenvalue weighted by Gasteiger charge is 2.30. The van der Waals surface area contributed by atoms with E-state index >= 15 is 0 Å².